The van der Waals surface area contributed by atoms with Gasteiger partial charge in [-0.05, 0) is 18.8 Å². The summed E-state index contributed by atoms with van der Waals surface area (Å²) in [6.07, 6.45) is 4.67. The Hall–Kier alpha value is -2.09. The average Bonchev–Trinajstić information content (AvgIpc) is 3.09. The summed E-state index contributed by atoms with van der Waals surface area (Å²) in [7, 11) is 0. The largest absolute Gasteiger partial charge is 0.480 e. The number of hydrogen-bond acceptors (Lipinski definition) is 4. The van der Waals surface area contributed by atoms with E-state index in [4.69, 9.17) is 5.11 Å². The number of rotatable bonds is 6. The lowest BCUT2D eigenvalue weighted by Crippen LogP contribution is -2.48. The number of carboxylic acid groups (broad SMARTS) is 1. The molecule has 1 aliphatic heterocycles. The third kappa shape index (κ3) is 4.19. The number of hydrogen-bond donors (Lipinski definition) is 4. The van der Waals surface area contributed by atoms with Crippen LogP contribution in [-0.2, 0) is 11.2 Å². The second kappa shape index (κ2) is 7.07. The number of nitrogens with zero attached hydrogens (tertiary/aromatic N) is 2. The van der Waals surface area contributed by atoms with Gasteiger partial charge >= 0.3 is 12.0 Å². The van der Waals surface area contributed by atoms with Crippen LogP contribution in [0.2, 0.25) is 0 Å². The number of aliphatic hydroxyl groups excluding tert-OH is 1. The maximum atomic E-state index is 12.1. The molecule has 0 saturated carbocycles. The van der Waals surface area contributed by atoms with E-state index in [-0.39, 0.29) is 25.0 Å². The molecule has 2 rings (SSSR count). The van der Waals surface area contributed by atoms with Crippen LogP contribution in [0.5, 0.6) is 0 Å². The summed E-state index contributed by atoms with van der Waals surface area (Å²) in [5, 5.41) is 20.6. The summed E-state index contributed by atoms with van der Waals surface area (Å²) in [6, 6.07) is -1.36. The number of imidazole rings is 1. The van der Waals surface area contributed by atoms with Crippen LogP contribution in [0.1, 0.15) is 18.5 Å². The summed E-state index contributed by atoms with van der Waals surface area (Å²) in [5.74, 6) is -0.791. The maximum Gasteiger partial charge on any atom is 0.326 e. The first-order valence-electron chi connectivity index (χ1n) is 6.96. The fourth-order valence-corrected chi connectivity index (χ4v) is 2.49. The molecule has 0 radical (unpaired) electrons. The molecule has 1 unspecified atom stereocenters. The molecule has 1 aromatic rings. The van der Waals surface area contributed by atoms with Crippen LogP contribution in [0.4, 0.5) is 4.79 Å². The van der Waals surface area contributed by atoms with Crippen LogP contribution in [0, 0.1) is 5.92 Å². The Morgan fingerprint density at radius 1 is 1.57 bits per heavy atom. The first-order valence-corrected chi connectivity index (χ1v) is 6.96. The Morgan fingerprint density at radius 2 is 2.38 bits per heavy atom. The second-order valence-corrected chi connectivity index (χ2v) is 5.23. The molecule has 2 amide bonds. The Labute approximate surface area is 122 Å². The van der Waals surface area contributed by atoms with Gasteiger partial charge in [-0.15, -0.1) is 0 Å². The number of aromatic nitrogens is 2. The van der Waals surface area contributed by atoms with Crippen molar-refractivity contribution in [2.75, 3.05) is 19.7 Å². The number of urea groups is 1. The van der Waals surface area contributed by atoms with E-state index in [1.54, 1.807) is 4.90 Å². The lowest BCUT2D eigenvalue weighted by atomic mass is 10.1. The number of carbonyl (C=O) groups is 2. The fraction of sp³-hybridized carbons (Fsp3) is 0.615. The van der Waals surface area contributed by atoms with Crippen molar-refractivity contribution in [1.29, 1.82) is 0 Å². The van der Waals surface area contributed by atoms with Gasteiger partial charge in [-0.25, -0.2) is 14.6 Å². The van der Waals surface area contributed by atoms with Gasteiger partial charge in [0.25, 0.3) is 0 Å². The van der Waals surface area contributed by atoms with Crippen molar-refractivity contribution >= 4 is 12.0 Å². The number of aliphatic carboxylic acids is 1. The van der Waals surface area contributed by atoms with Gasteiger partial charge in [-0.2, -0.15) is 0 Å². The molecule has 8 nitrogen and oxygen atoms in total. The number of aromatic amines is 1. The van der Waals surface area contributed by atoms with Crippen LogP contribution in [-0.4, -0.2) is 62.8 Å². The lowest BCUT2D eigenvalue weighted by Gasteiger charge is -2.20. The Morgan fingerprint density at radius 3 is 3.00 bits per heavy atom. The summed E-state index contributed by atoms with van der Waals surface area (Å²) in [4.78, 5) is 31.6. The lowest BCUT2D eigenvalue weighted by molar-refractivity contribution is -0.139. The smallest absolute Gasteiger partial charge is 0.326 e. The standard InChI is InChI=1S/C13H20N4O4/c18-4-2-9-1-3-17(7-9)13(21)16-11(12(19)20)5-10-6-14-8-15-10/h6,8-9,11,18H,1-5,7H2,(H,14,15)(H,16,21)(H,19,20)/t9?,11-/m0/s1. The topological polar surface area (TPSA) is 119 Å². The molecule has 0 bridgehead atoms. The van der Waals surface area contributed by atoms with E-state index < -0.39 is 12.0 Å². The van der Waals surface area contributed by atoms with Crippen LogP contribution in [0.25, 0.3) is 0 Å². The minimum absolute atomic E-state index is 0.109. The molecule has 8 heteroatoms. The monoisotopic (exact) mass is 296 g/mol. The summed E-state index contributed by atoms with van der Waals surface area (Å²) >= 11 is 0. The van der Waals surface area contributed by atoms with Crippen molar-refractivity contribution < 1.29 is 19.8 Å². The van der Waals surface area contributed by atoms with Gasteiger partial charge in [0.2, 0.25) is 0 Å². The summed E-state index contributed by atoms with van der Waals surface area (Å²) in [5.41, 5.74) is 0.655. The van der Waals surface area contributed by atoms with Crippen LogP contribution in [0.15, 0.2) is 12.5 Å². The number of amides is 2. The van der Waals surface area contributed by atoms with Gasteiger partial charge in [-0.3, -0.25) is 0 Å². The molecule has 0 spiro atoms. The van der Waals surface area contributed by atoms with E-state index >= 15 is 0 Å². The van der Waals surface area contributed by atoms with E-state index in [0.717, 1.165) is 6.42 Å². The molecular weight excluding hydrogens is 276 g/mol. The van der Waals surface area contributed by atoms with Crippen molar-refractivity contribution in [1.82, 2.24) is 20.2 Å². The van der Waals surface area contributed by atoms with E-state index in [1.165, 1.54) is 12.5 Å². The number of aliphatic hydroxyl groups is 1. The van der Waals surface area contributed by atoms with Gasteiger partial charge < -0.3 is 25.4 Å². The third-order valence-electron chi connectivity index (χ3n) is 3.69. The highest BCUT2D eigenvalue weighted by atomic mass is 16.4. The quantitative estimate of drug-likeness (QED) is 0.580. The molecule has 4 N–H and O–H groups in total. The minimum atomic E-state index is -1.08. The number of carbonyl (C=O) groups excluding carboxylic acids is 1. The summed E-state index contributed by atoms with van der Waals surface area (Å²) < 4.78 is 0. The molecule has 0 aromatic carbocycles. The normalized spacial score (nSPS) is 19.5. The van der Waals surface area contributed by atoms with E-state index in [9.17, 15) is 14.7 Å². The number of H-pyrrole nitrogens is 1. The Balaban J connectivity index is 1.88. The predicted molar refractivity (Wildman–Crippen MR) is 73.6 cm³/mol. The average molecular weight is 296 g/mol. The molecule has 1 fully saturated rings. The van der Waals surface area contributed by atoms with E-state index in [0.29, 0.717) is 25.2 Å². The molecule has 1 saturated heterocycles. The van der Waals surface area contributed by atoms with E-state index in [2.05, 4.69) is 15.3 Å². The fourth-order valence-electron chi connectivity index (χ4n) is 2.49. The number of nitrogens with one attached hydrogen (secondary N) is 2. The van der Waals surface area contributed by atoms with Crippen molar-refractivity contribution in [2.24, 2.45) is 5.92 Å². The molecular formula is C13H20N4O4. The van der Waals surface area contributed by atoms with Crippen molar-refractivity contribution in [3.63, 3.8) is 0 Å². The molecule has 116 valence electrons. The van der Waals surface area contributed by atoms with Crippen molar-refractivity contribution in [3.05, 3.63) is 18.2 Å². The maximum absolute atomic E-state index is 12.1. The zero-order valence-electron chi connectivity index (χ0n) is 11.7. The number of carboxylic acids is 1. The minimum Gasteiger partial charge on any atom is -0.480 e. The van der Waals surface area contributed by atoms with E-state index in [1.807, 2.05) is 0 Å². The van der Waals surface area contributed by atoms with Crippen LogP contribution in [0.3, 0.4) is 0 Å². The Kier molecular flexibility index (Phi) is 5.15. The molecule has 2 atom stereocenters. The van der Waals surface area contributed by atoms with Crippen LogP contribution < -0.4 is 5.32 Å². The van der Waals surface area contributed by atoms with Crippen molar-refractivity contribution in [2.45, 2.75) is 25.3 Å². The SMILES string of the molecule is O=C(O)[C@H](Cc1cnc[nH]1)NC(=O)N1CCC(CCO)C1. The third-order valence-corrected chi connectivity index (χ3v) is 3.69. The molecule has 21 heavy (non-hydrogen) atoms. The van der Waals surface area contributed by atoms with Crippen LogP contribution >= 0.6 is 0 Å². The first-order chi connectivity index (χ1) is 10.1. The Bertz CT molecular complexity index is 477. The molecule has 1 aliphatic rings. The first kappa shape index (κ1) is 15.3. The highest BCUT2D eigenvalue weighted by Gasteiger charge is 2.29. The highest BCUT2D eigenvalue weighted by Crippen LogP contribution is 2.19. The van der Waals surface area contributed by atoms with Gasteiger partial charge in [0, 0.05) is 38.0 Å². The zero-order chi connectivity index (χ0) is 15.2. The highest BCUT2D eigenvalue weighted by molar-refractivity contribution is 5.82. The van der Waals surface area contributed by atoms with Gasteiger partial charge in [0.05, 0.1) is 6.33 Å². The molecule has 0 aliphatic carbocycles. The number of likely N-dealkylation sites (tertiary alicyclic amines) is 1. The molecule has 1 aromatic heterocycles. The summed E-state index contributed by atoms with van der Waals surface area (Å²) in [6.45, 7) is 1.26. The van der Waals surface area contributed by atoms with Gasteiger partial charge in [0.15, 0.2) is 0 Å². The molecule has 2 heterocycles. The van der Waals surface area contributed by atoms with Gasteiger partial charge in [-0.1, -0.05) is 0 Å². The second-order valence-electron chi connectivity index (χ2n) is 5.23. The zero-order valence-corrected chi connectivity index (χ0v) is 11.7. The van der Waals surface area contributed by atoms with Gasteiger partial charge in [0.1, 0.15) is 6.04 Å². The van der Waals surface area contributed by atoms with Crippen molar-refractivity contribution in [3.8, 4) is 0 Å². The predicted octanol–water partition coefficient (Wildman–Crippen LogP) is -0.181.